The Hall–Kier alpha value is -3.24. The number of sulfonamides is 1. The van der Waals surface area contributed by atoms with E-state index in [2.05, 4.69) is 34.3 Å². The molecule has 0 saturated carbocycles. The van der Waals surface area contributed by atoms with Crippen LogP contribution in [0.1, 0.15) is 67.2 Å². The molecule has 2 atom stereocenters. The molecule has 2 amide bonds. The summed E-state index contributed by atoms with van der Waals surface area (Å²) in [5.74, 6) is 0.0155. The molecule has 2 fully saturated rings. The van der Waals surface area contributed by atoms with Crippen LogP contribution in [-0.2, 0) is 19.9 Å². The fourth-order valence-electron chi connectivity index (χ4n) is 5.96. The molecule has 2 saturated heterocycles. The summed E-state index contributed by atoms with van der Waals surface area (Å²) in [6.07, 6.45) is 4.37. The van der Waals surface area contributed by atoms with E-state index in [9.17, 15) is 26.4 Å². The van der Waals surface area contributed by atoms with Crippen LogP contribution in [0.4, 0.5) is 0 Å². The Morgan fingerprint density at radius 1 is 0.766 bits per heavy atom. The van der Waals surface area contributed by atoms with Crippen molar-refractivity contribution < 1.29 is 35.9 Å². The third-order valence-corrected chi connectivity index (χ3v) is 11.3. The highest BCUT2D eigenvalue weighted by atomic mass is 32.2. The standard InChI is InChI=1S/C17H26N2O4S.C15H23N3O4S/c1-4-19-10-6-7-13(19)12-18-17(20)15-11-14(24(21,22)5-2)8-9-16(15)23-3;1-3-18-8-4-5-11(18)10-17-15(19)13-9-12(23(16,20)21)6-7-14(13)22-2/h8-9,11,13H,4-7,10,12H2,1-3H3,(H,18,20);6-7,9,11H,3-5,8,10H2,1-2H3,(H,17,19)(H2,16,20,21). The van der Waals surface area contributed by atoms with Crippen molar-refractivity contribution in [2.75, 3.05) is 59.2 Å². The SMILES string of the molecule is CCN1CCCC1CNC(=O)c1cc(S(=O)(=O)CC)ccc1OC.CCN1CCCC1CNC(=O)c1cc(S(N)(=O)=O)ccc1OC. The number of hydrogen-bond donors (Lipinski definition) is 3. The molecule has 15 heteroatoms. The molecule has 2 aromatic rings. The first-order valence-electron chi connectivity index (χ1n) is 16.0. The van der Waals surface area contributed by atoms with Gasteiger partial charge in [-0.1, -0.05) is 20.8 Å². The molecule has 2 unspecified atom stereocenters. The molecular formula is C32H49N5O8S2. The monoisotopic (exact) mass is 695 g/mol. The lowest BCUT2D eigenvalue weighted by Crippen LogP contribution is -2.40. The van der Waals surface area contributed by atoms with Crippen molar-refractivity contribution in [2.24, 2.45) is 5.14 Å². The minimum Gasteiger partial charge on any atom is -0.496 e. The quantitative estimate of drug-likeness (QED) is 0.282. The summed E-state index contributed by atoms with van der Waals surface area (Å²) in [4.78, 5) is 29.6. The molecule has 2 aromatic carbocycles. The second-order valence-corrected chi connectivity index (χ2v) is 15.3. The highest BCUT2D eigenvalue weighted by Gasteiger charge is 2.26. The number of sulfone groups is 1. The number of ether oxygens (including phenoxy) is 2. The number of methoxy groups -OCH3 is 2. The number of nitrogens with one attached hydrogen (secondary N) is 2. The molecule has 262 valence electrons. The van der Waals surface area contributed by atoms with E-state index in [1.807, 2.05) is 0 Å². The van der Waals surface area contributed by atoms with Crippen LogP contribution in [0, 0.1) is 0 Å². The number of likely N-dealkylation sites (N-methyl/N-ethyl adjacent to an activating group) is 2. The molecule has 2 heterocycles. The number of likely N-dealkylation sites (tertiary alicyclic amines) is 2. The lowest BCUT2D eigenvalue weighted by Gasteiger charge is -2.23. The first-order chi connectivity index (χ1) is 22.3. The number of benzene rings is 2. The zero-order chi connectivity index (χ0) is 34.8. The molecule has 47 heavy (non-hydrogen) atoms. The maximum Gasteiger partial charge on any atom is 0.255 e. The van der Waals surface area contributed by atoms with Gasteiger partial charge in [0.05, 0.1) is 40.9 Å². The maximum absolute atomic E-state index is 12.5. The summed E-state index contributed by atoms with van der Waals surface area (Å²) in [5, 5.41) is 10.9. The first kappa shape index (κ1) is 38.2. The van der Waals surface area contributed by atoms with E-state index in [1.165, 1.54) is 50.6 Å². The van der Waals surface area contributed by atoms with Crippen LogP contribution in [0.5, 0.6) is 11.5 Å². The fourth-order valence-corrected chi connectivity index (χ4v) is 7.41. The van der Waals surface area contributed by atoms with Crippen molar-refractivity contribution >= 4 is 31.7 Å². The Balaban J connectivity index is 0.000000256. The Kier molecular flexibility index (Phi) is 14.0. The second-order valence-electron chi connectivity index (χ2n) is 11.4. The van der Waals surface area contributed by atoms with E-state index in [0.29, 0.717) is 36.7 Å². The molecule has 4 N–H and O–H groups in total. The van der Waals surface area contributed by atoms with Gasteiger partial charge in [-0.15, -0.1) is 0 Å². The number of carbonyl (C=O) groups excluding carboxylic acids is 2. The summed E-state index contributed by atoms with van der Waals surface area (Å²) in [5.41, 5.74) is 0.424. The Bertz CT molecular complexity index is 1600. The van der Waals surface area contributed by atoms with Crippen LogP contribution in [0.15, 0.2) is 46.2 Å². The van der Waals surface area contributed by atoms with Crippen LogP contribution < -0.4 is 25.2 Å². The summed E-state index contributed by atoms with van der Waals surface area (Å²) in [7, 11) is -4.34. The highest BCUT2D eigenvalue weighted by Crippen LogP contribution is 2.25. The van der Waals surface area contributed by atoms with Crippen LogP contribution >= 0.6 is 0 Å². The molecule has 2 aliphatic heterocycles. The molecule has 13 nitrogen and oxygen atoms in total. The van der Waals surface area contributed by atoms with Gasteiger partial charge in [0, 0.05) is 25.2 Å². The van der Waals surface area contributed by atoms with Crippen LogP contribution in [0.25, 0.3) is 0 Å². The van der Waals surface area contributed by atoms with E-state index in [4.69, 9.17) is 14.6 Å². The van der Waals surface area contributed by atoms with Crippen molar-refractivity contribution in [1.82, 2.24) is 20.4 Å². The lowest BCUT2D eigenvalue weighted by molar-refractivity contribution is 0.0930. The number of primary sulfonamides is 1. The molecule has 2 aliphatic rings. The predicted molar refractivity (Wildman–Crippen MR) is 180 cm³/mol. The molecular weight excluding hydrogens is 647 g/mol. The van der Waals surface area contributed by atoms with Crippen LogP contribution in [-0.4, -0.2) is 110 Å². The first-order valence-corrected chi connectivity index (χ1v) is 19.1. The van der Waals surface area contributed by atoms with E-state index >= 15 is 0 Å². The van der Waals surface area contributed by atoms with Crippen molar-refractivity contribution in [3.05, 3.63) is 47.5 Å². The van der Waals surface area contributed by atoms with Gasteiger partial charge in [-0.05, 0) is 88.3 Å². The highest BCUT2D eigenvalue weighted by molar-refractivity contribution is 7.91. The average molecular weight is 696 g/mol. The Morgan fingerprint density at radius 2 is 1.19 bits per heavy atom. The van der Waals surface area contributed by atoms with Crippen molar-refractivity contribution in [3.8, 4) is 11.5 Å². The van der Waals surface area contributed by atoms with Gasteiger partial charge in [-0.2, -0.15) is 0 Å². The number of nitrogens with two attached hydrogens (primary N) is 1. The van der Waals surface area contributed by atoms with Crippen molar-refractivity contribution in [2.45, 2.75) is 68.3 Å². The minimum absolute atomic E-state index is 0.00603. The summed E-state index contributed by atoms with van der Waals surface area (Å²) in [6.45, 7) is 10.9. The van der Waals surface area contributed by atoms with E-state index in [0.717, 1.165) is 51.9 Å². The molecule has 0 bridgehead atoms. The second kappa shape index (κ2) is 17.2. The lowest BCUT2D eigenvalue weighted by atomic mass is 10.1. The Labute approximate surface area is 279 Å². The normalized spacial score (nSPS) is 18.7. The van der Waals surface area contributed by atoms with Crippen LogP contribution in [0.2, 0.25) is 0 Å². The summed E-state index contributed by atoms with van der Waals surface area (Å²) >= 11 is 0. The summed E-state index contributed by atoms with van der Waals surface area (Å²) < 4.78 is 57.4. The van der Waals surface area contributed by atoms with Gasteiger partial charge in [-0.3, -0.25) is 19.4 Å². The van der Waals surface area contributed by atoms with Crippen molar-refractivity contribution in [3.63, 3.8) is 0 Å². The minimum atomic E-state index is -3.87. The number of rotatable bonds is 13. The molecule has 0 aliphatic carbocycles. The maximum atomic E-state index is 12.5. The van der Waals surface area contributed by atoms with Gasteiger partial charge in [-0.25, -0.2) is 22.0 Å². The molecule has 0 aromatic heterocycles. The van der Waals surface area contributed by atoms with Gasteiger partial charge in [0.15, 0.2) is 9.84 Å². The largest absolute Gasteiger partial charge is 0.496 e. The average Bonchev–Trinajstić information content (AvgIpc) is 3.74. The molecule has 0 spiro atoms. The third kappa shape index (κ3) is 10.1. The topological polar surface area (TPSA) is 177 Å². The van der Waals surface area contributed by atoms with Crippen LogP contribution in [0.3, 0.4) is 0 Å². The van der Waals surface area contributed by atoms with Gasteiger partial charge < -0.3 is 20.1 Å². The van der Waals surface area contributed by atoms with Gasteiger partial charge in [0.25, 0.3) is 11.8 Å². The predicted octanol–water partition coefficient (Wildman–Crippen LogP) is 2.26. The van der Waals surface area contributed by atoms with Gasteiger partial charge in [0.1, 0.15) is 11.5 Å². The molecule has 0 radical (unpaired) electrons. The smallest absolute Gasteiger partial charge is 0.255 e. The van der Waals surface area contributed by atoms with E-state index in [-0.39, 0.29) is 38.5 Å². The van der Waals surface area contributed by atoms with Gasteiger partial charge >= 0.3 is 0 Å². The van der Waals surface area contributed by atoms with E-state index < -0.39 is 19.9 Å². The number of nitrogens with zero attached hydrogens (tertiary/aromatic N) is 2. The molecule has 4 rings (SSSR count). The van der Waals surface area contributed by atoms with Crippen molar-refractivity contribution in [1.29, 1.82) is 0 Å². The van der Waals surface area contributed by atoms with E-state index in [1.54, 1.807) is 6.92 Å². The number of amides is 2. The summed E-state index contributed by atoms with van der Waals surface area (Å²) in [6, 6.07) is 9.07. The zero-order valence-corrected chi connectivity index (χ0v) is 29.6. The fraction of sp³-hybridized carbons (Fsp3) is 0.562. The number of hydrogen-bond acceptors (Lipinski definition) is 10. The van der Waals surface area contributed by atoms with Gasteiger partial charge in [0.2, 0.25) is 10.0 Å². The zero-order valence-electron chi connectivity index (χ0n) is 28.0. The third-order valence-electron chi connectivity index (χ3n) is 8.71. The Morgan fingerprint density at radius 3 is 1.57 bits per heavy atom. The number of carbonyl (C=O) groups is 2.